The van der Waals surface area contributed by atoms with Crippen molar-refractivity contribution in [3.05, 3.63) is 0 Å². The van der Waals surface area contributed by atoms with E-state index in [2.05, 4.69) is 4.74 Å². The van der Waals surface area contributed by atoms with Gasteiger partial charge in [-0.2, -0.15) is 0 Å². The zero-order valence-electron chi connectivity index (χ0n) is 5.92. The van der Waals surface area contributed by atoms with E-state index < -0.39 is 6.29 Å². The molecule has 0 bridgehead atoms. The summed E-state index contributed by atoms with van der Waals surface area (Å²) in [5.41, 5.74) is 0. The Morgan fingerprint density at radius 3 is 2.56 bits per heavy atom. The predicted molar refractivity (Wildman–Crippen MR) is 32.3 cm³/mol. The van der Waals surface area contributed by atoms with Gasteiger partial charge in [0.2, 0.25) is 0 Å². The van der Waals surface area contributed by atoms with Crippen LogP contribution in [0.25, 0.3) is 0 Å². The SMILES string of the molecule is CCOCOC([O])CC. The second kappa shape index (κ2) is 6.01. The Bertz CT molecular complexity index is 56.3. The Labute approximate surface area is 55.6 Å². The minimum absolute atomic E-state index is 0.124. The lowest BCUT2D eigenvalue weighted by Gasteiger charge is -2.05. The molecule has 0 spiro atoms. The molecule has 55 valence electrons. The first-order valence-electron chi connectivity index (χ1n) is 3.16. The summed E-state index contributed by atoms with van der Waals surface area (Å²) in [5.74, 6) is 0. The molecule has 0 aromatic rings. The molecule has 1 atom stereocenters. The summed E-state index contributed by atoms with van der Waals surface area (Å²) in [6, 6.07) is 0. The van der Waals surface area contributed by atoms with Crippen LogP contribution in [-0.4, -0.2) is 19.7 Å². The number of hydrogen-bond acceptors (Lipinski definition) is 2. The van der Waals surface area contributed by atoms with E-state index in [9.17, 15) is 5.11 Å². The largest absolute Gasteiger partial charge is 0.356 e. The van der Waals surface area contributed by atoms with Gasteiger partial charge in [-0.05, 0) is 13.3 Å². The normalized spacial score (nSPS) is 13.7. The van der Waals surface area contributed by atoms with Crippen LogP contribution < -0.4 is 0 Å². The van der Waals surface area contributed by atoms with Crippen LogP contribution in [0.1, 0.15) is 20.3 Å². The molecule has 3 heteroatoms. The standard InChI is InChI=1S/C6H13O3/c1-3-6(7)9-5-8-4-2/h6H,3-5H2,1-2H3. The van der Waals surface area contributed by atoms with E-state index in [4.69, 9.17) is 4.74 Å². The molecule has 1 unspecified atom stereocenters. The molecular formula is C6H13O3. The number of hydrogen-bond donors (Lipinski definition) is 0. The Kier molecular flexibility index (Phi) is 5.93. The molecule has 0 rings (SSSR count). The summed E-state index contributed by atoms with van der Waals surface area (Å²) in [6.07, 6.45) is -0.427. The first kappa shape index (κ1) is 8.88. The summed E-state index contributed by atoms with van der Waals surface area (Å²) in [5, 5.41) is 10.5. The molecule has 0 amide bonds. The fourth-order valence-electron chi connectivity index (χ4n) is 0.325. The van der Waals surface area contributed by atoms with Crippen LogP contribution in [0.2, 0.25) is 0 Å². The van der Waals surface area contributed by atoms with Crippen LogP contribution in [-0.2, 0) is 14.6 Å². The highest BCUT2D eigenvalue weighted by Crippen LogP contribution is 1.92. The molecule has 0 fully saturated rings. The van der Waals surface area contributed by atoms with Crippen molar-refractivity contribution < 1.29 is 14.6 Å². The average Bonchev–Trinajstić information content (AvgIpc) is 1.89. The van der Waals surface area contributed by atoms with Crippen molar-refractivity contribution in [3.8, 4) is 0 Å². The van der Waals surface area contributed by atoms with Gasteiger partial charge < -0.3 is 9.47 Å². The van der Waals surface area contributed by atoms with Gasteiger partial charge in [-0.15, -0.1) is 0 Å². The monoisotopic (exact) mass is 133 g/mol. The molecule has 0 saturated carbocycles. The van der Waals surface area contributed by atoms with Gasteiger partial charge in [0.1, 0.15) is 6.79 Å². The minimum atomic E-state index is -0.920. The molecule has 0 heterocycles. The Morgan fingerprint density at radius 2 is 2.11 bits per heavy atom. The molecule has 0 aromatic heterocycles. The first-order valence-corrected chi connectivity index (χ1v) is 3.16. The van der Waals surface area contributed by atoms with E-state index in [0.29, 0.717) is 13.0 Å². The Morgan fingerprint density at radius 1 is 1.44 bits per heavy atom. The predicted octanol–water partition coefficient (Wildman–Crippen LogP) is 1.16. The van der Waals surface area contributed by atoms with Gasteiger partial charge in [-0.3, -0.25) is 0 Å². The molecule has 0 aliphatic carbocycles. The van der Waals surface area contributed by atoms with E-state index in [1.165, 1.54) is 0 Å². The first-order chi connectivity index (χ1) is 4.31. The van der Waals surface area contributed by atoms with Gasteiger partial charge in [0.25, 0.3) is 0 Å². The van der Waals surface area contributed by atoms with E-state index in [1.807, 2.05) is 6.92 Å². The summed E-state index contributed by atoms with van der Waals surface area (Å²) in [4.78, 5) is 0. The van der Waals surface area contributed by atoms with Gasteiger partial charge in [0, 0.05) is 6.61 Å². The van der Waals surface area contributed by atoms with Crippen molar-refractivity contribution in [2.45, 2.75) is 26.6 Å². The summed E-state index contributed by atoms with van der Waals surface area (Å²) < 4.78 is 9.44. The van der Waals surface area contributed by atoms with Gasteiger partial charge in [-0.1, -0.05) is 6.92 Å². The maximum absolute atomic E-state index is 10.5. The molecule has 0 aliphatic heterocycles. The Balaban J connectivity index is 2.88. The number of rotatable bonds is 5. The minimum Gasteiger partial charge on any atom is -0.356 e. The fourth-order valence-corrected chi connectivity index (χ4v) is 0.325. The molecule has 0 aromatic carbocycles. The van der Waals surface area contributed by atoms with Gasteiger partial charge in [-0.25, -0.2) is 5.11 Å². The highest BCUT2D eigenvalue weighted by Gasteiger charge is 1.99. The molecule has 0 saturated heterocycles. The smallest absolute Gasteiger partial charge is 0.193 e. The molecule has 9 heavy (non-hydrogen) atoms. The summed E-state index contributed by atoms with van der Waals surface area (Å²) in [6.45, 7) is 4.35. The van der Waals surface area contributed by atoms with Crippen molar-refractivity contribution in [1.29, 1.82) is 0 Å². The van der Waals surface area contributed by atoms with Gasteiger partial charge >= 0.3 is 0 Å². The van der Waals surface area contributed by atoms with Crippen molar-refractivity contribution in [2.75, 3.05) is 13.4 Å². The average molecular weight is 133 g/mol. The molecular weight excluding hydrogens is 120 g/mol. The molecule has 1 radical (unpaired) electrons. The lowest BCUT2D eigenvalue weighted by molar-refractivity contribution is -0.194. The van der Waals surface area contributed by atoms with Gasteiger partial charge in [0.05, 0.1) is 0 Å². The van der Waals surface area contributed by atoms with Crippen LogP contribution in [0.3, 0.4) is 0 Å². The van der Waals surface area contributed by atoms with E-state index in [-0.39, 0.29) is 6.79 Å². The molecule has 0 aliphatic rings. The maximum atomic E-state index is 10.5. The quantitative estimate of drug-likeness (QED) is 0.417. The van der Waals surface area contributed by atoms with Gasteiger partial charge in [0.15, 0.2) is 6.29 Å². The number of ether oxygens (including phenoxy) is 2. The van der Waals surface area contributed by atoms with Crippen LogP contribution in [0.4, 0.5) is 0 Å². The van der Waals surface area contributed by atoms with E-state index in [0.717, 1.165) is 0 Å². The van der Waals surface area contributed by atoms with Crippen LogP contribution in [0.5, 0.6) is 0 Å². The molecule has 0 N–H and O–H groups in total. The van der Waals surface area contributed by atoms with Crippen LogP contribution >= 0.6 is 0 Å². The highest BCUT2D eigenvalue weighted by molar-refractivity contribution is 4.28. The van der Waals surface area contributed by atoms with E-state index in [1.54, 1.807) is 6.92 Å². The highest BCUT2D eigenvalue weighted by atomic mass is 16.7. The van der Waals surface area contributed by atoms with E-state index >= 15 is 0 Å². The van der Waals surface area contributed by atoms with Crippen LogP contribution in [0.15, 0.2) is 0 Å². The van der Waals surface area contributed by atoms with Crippen molar-refractivity contribution in [1.82, 2.24) is 0 Å². The lowest BCUT2D eigenvalue weighted by atomic mass is 10.5. The van der Waals surface area contributed by atoms with Crippen molar-refractivity contribution in [3.63, 3.8) is 0 Å². The second-order valence-corrected chi connectivity index (χ2v) is 1.62. The van der Waals surface area contributed by atoms with Crippen molar-refractivity contribution in [2.24, 2.45) is 0 Å². The zero-order valence-corrected chi connectivity index (χ0v) is 5.92. The zero-order chi connectivity index (χ0) is 7.11. The molecule has 3 nitrogen and oxygen atoms in total. The van der Waals surface area contributed by atoms with Crippen molar-refractivity contribution >= 4 is 0 Å². The Hall–Kier alpha value is -0.120. The maximum Gasteiger partial charge on any atom is 0.193 e. The van der Waals surface area contributed by atoms with Crippen LogP contribution in [0, 0.1) is 0 Å². The topological polar surface area (TPSA) is 38.4 Å². The fraction of sp³-hybridized carbons (Fsp3) is 1.00. The third-order valence-corrected chi connectivity index (χ3v) is 0.875. The summed E-state index contributed by atoms with van der Waals surface area (Å²) >= 11 is 0. The third kappa shape index (κ3) is 5.76. The lowest BCUT2D eigenvalue weighted by Crippen LogP contribution is -2.11. The second-order valence-electron chi connectivity index (χ2n) is 1.62. The summed E-state index contributed by atoms with van der Waals surface area (Å²) in [7, 11) is 0. The third-order valence-electron chi connectivity index (χ3n) is 0.875.